The van der Waals surface area contributed by atoms with Crippen LogP contribution in [-0.4, -0.2) is 52.8 Å². The van der Waals surface area contributed by atoms with Crippen LogP contribution >= 0.6 is 11.3 Å². The highest BCUT2D eigenvalue weighted by Crippen LogP contribution is 2.30. The van der Waals surface area contributed by atoms with E-state index in [2.05, 4.69) is 9.88 Å². The number of aromatic nitrogens is 1. The number of aryl methyl sites for hydroxylation is 1. The predicted octanol–water partition coefficient (Wildman–Crippen LogP) is 6.88. The van der Waals surface area contributed by atoms with E-state index in [1.54, 1.807) is 16.3 Å². The summed E-state index contributed by atoms with van der Waals surface area (Å²) in [7, 11) is 3.94. The van der Waals surface area contributed by atoms with E-state index in [-0.39, 0.29) is 5.91 Å². The smallest absolute Gasteiger partial charge is 0.332 e. The maximum Gasteiger partial charge on any atom is 0.416 e. The number of thiazole rings is 1. The molecule has 0 aliphatic carbocycles. The number of hydrogen-bond donors (Lipinski definition) is 0. The van der Waals surface area contributed by atoms with Crippen LogP contribution in [0.3, 0.4) is 0 Å². The van der Waals surface area contributed by atoms with E-state index < -0.39 is 11.7 Å². The Labute approximate surface area is 243 Å². The summed E-state index contributed by atoms with van der Waals surface area (Å²) < 4.78 is 40.1. The summed E-state index contributed by atoms with van der Waals surface area (Å²) in [6.07, 6.45) is -4.40. The molecule has 1 heterocycles. The van der Waals surface area contributed by atoms with Crippen LogP contribution in [0.1, 0.15) is 43.3 Å². The molecule has 0 bridgehead atoms. The zero-order valence-corrected chi connectivity index (χ0v) is 24.4. The Morgan fingerprint density at radius 3 is 2.15 bits per heavy atom. The third-order valence-electron chi connectivity index (χ3n) is 6.64. The summed E-state index contributed by atoms with van der Waals surface area (Å²) >= 11 is 1.39. The van der Waals surface area contributed by atoms with Gasteiger partial charge in [0.05, 0.1) is 12.1 Å². The molecule has 1 amide bonds. The Morgan fingerprint density at radius 1 is 0.805 bits per heavy atom. The first-order chi connectivity index (χ1) is 19.6. The van der Waals surface area contributed by atoms with Gasteiger partial charge in [-0.05, 0) is 43.8 Å². The predicted molar refractivity (Wildman–Crippen MR) is 157 cm³/mol. The van der Waals surface area contributed by atoms with E-state index in [0.717, 1.165) is 34.3 Å². The lowest BCUT2D eigenvalue weighted by atomic mass is 10.1. The molecule has 0 saturated carbocycles. The van der Waals surface area contributed by atoms with E-state index >= 15 is 0 Å². The molecule has 0 fully saturated rings. The summed E-state index contributed by atoms with van der Waals surface area (Å²) in [6, 6.07) is 23.4. The Kier molecular flexibility index (Phi) is 10.3. The molecule has 0 aliphatic rings. The molecule has 0 aliphatic heterocycles. The lowest BCUT2D eigenvalue weighted by Crippen LogP contribution is -2.36. The second-order valence-electron chi connectivity index (χ2n) is 10.5. The maximum absolute atomic E-state index is 13.5. The molecular weight excluding hydrogens is 545 g/mol. The van der Waals surface area contributed by atoms with Crippen LogP contribution in [0.5, 0.6) is 0 Å². The van der Waals surface area contributed by atoms with Crippen molar-refractivity contribution in [3.63, 3.8) is 0 Å². The molecule has 0 unspecified atom stereocenters. The third-order valence-corrected chi connectivity index (χ3v) is 7.47. The van der Waals surface area contributed by atoms with Gasteiger partial charge in [0, 0.05) is 38.1 Å². The lowest BCUT2D eigenvalue weighted by Gasteiger charge is -2.24. The van der Waals surface area contributed by atoms with E-state index in [9.17, 15) is 18.0 Å². The van der Waals surface area contributed by atoms with Crippen molar-refractivity contribution in [2.75, 3.05) is 27.2 Å². The molecule has 4 rings (SSSR count). The molecule has 216 valence electrons. The summed E-state index contributed by atoms with van der Waals surface area (Å²) in [6.45, 7) is 5.01. The zero-order valence-electron chi connectivity index (χ0n) is 23.6. The Balaban J connectivity index is 1.53. The van der Waals surface area contributed by atoms with E-state index in [0.29, 0.717) is 44.0 Å². The number of nitrogens with zero attached hydrogens (tertiary/aromatic N) is 4. The van der Waals surface area contributed by atoms with Crippen LogP contribution in [-0.2, 0) is 32.4 Å². The van der Waals surface area contributed by atoms with Gasteiger partial charge in [-0.25, -0.2) is 4.98 Å². The fourth-order valence-corrected chi connectivity index (χ4v) is 5.24. The number of rotatable bonds is 12. The largest absolute Gasteiger partial charge is 0.416 e. The highest BCUT2D eigenvalue weighted by molar-refractivity contribution is 7.09. The quantitative estimate of drug-likeness (QED) is 0.183. The zero-order chi connectivity index (χ0) is 29.4. The average molecular weight is 581 g/mol. The fraction of sp³-hybridized carbons (Fsp3) is 0.312. The highest BCUT2D eigenvalue weighted by atomic mass is 32.1. The van der Waals surface area contributed by atoms with Crippen molar-refractivity contribution in [2.45, 2.75) is 39.3 Å². The molecule has 4 aromatic rings. The first kappa shape index (κ1) is 30.4. The molecule has 0 spiro atoms. The van der Waals surface area contributed by atoms with Crippen LogP contribution in [0, 0.1) is 6.92 Å². The minimum atomic E-state index is -4.40. The van der Waals surface area contributed by atoms with Crippen molar-refractivity contribution >= 4 is 17.2 Å². The third kappa shape index (κ3) is 9.24. The van der Waals surface area contributed by atoms with Gasteiger partial charge >= 0.3 is 6.18 Å². The van der Waals surface area contributed by atoms with Gasteiger partial charge in [0.1, 0.15) is 10.7 Å². The number of likely N-dealkylation sites (N-methyl/N-ethyl adjacent to an activating group) is 1. The minimum absolute atomic E-state index is 0.138. The molecule has 0 radical (unpaired) electrons. The summed E-state index contributed by atoms with van der Waals surface area (Å²) in [5.74, 6) is -0.138. The molecule has 0 saturated heterocycles. The normalized spacial score (nSPS) is 11.8. The van der Waals surface area contributed by atoms with Crippen LogP contribution in [0.25, 0.3) is 0 Å². The Morgan fingerprint density at radius 2 is 1.46 bits per heavy atom. The van der Waals surface area contributed by atoms with Crippen LogP contribution in [0.15, 0.2) is 84.2 Å². The van der Waals surface area contributed by atoms with E-state index in [4.69, 9.17) is 0 Å². The van der Waals surface area contributed by atoms with Gasteiger partial charge in [-0.3, -0.25) is 9.69 Å². The number of hydrogen-bond acceptors (Lipinski definition) is 5. The monoisotopic (exact) mass is 580 g/mol. The number of halogens is 3. The molecule has 9 heteroatoms. The molecule has 0 N–H and O–H groups in total. The maximum atomic E-state index is 13.5. The summed E-state index contributed by atoms with van der Waals surface area (Å²) in [5, 5.41) is 2.51. The second-order valence-corrected chi connectivity index (χ2v) is 11.4. The summed E-state index contributed by atoms with van der Waals surface area (Å²) in [5.41, 5.74) is 3.51. The standard InChI is InChI=1S/C32H35F3N4OS/c1-24-12-14-26(15-13-24)19-38(20-27-10-7-11-28(18-27)32(33,34)35)22-30-36-29(23-41-30)31(40)39(17-16-37(2)3)21-25-8-5-4-6-9-25/h4-15,18,23H,16-17,19-22H2,1-3H3. The van der Waals surface area contributed by atoms with E-state index in [1.807, 2.05) is 80.5 Å². The molecule has 41 heavy (non-hydrogen) atoms. The SMILES string of the molecule is Cc1ccc(CN(Cc2cccc(C(F)(F)F)c2)Cc2nc(C(=O)N(CCN(C)C)Cc3ccccc3)cs2)cc1. The number of carbonyl (C=O) groups excluding carboxylic acids is 1. The van der Waals surface area contributed by atoms with Crippen molar-refractivity contribution in [2.24, 2.45) is 0 Å². The summed E-state index contributed by atoms with van der Waals surface area (Å²) in [4.78, 5) is 24.1. The number of carbonyl (C=O) groups is 1. The first-order valence-corrected chi connectivity index (χ1v) is 14.3. The molecule has 1 aromatic heterocycles. The van der Waals surface area contributed by atoms with Crippen LogP contribution in [0.2, 0.25) is 0 Å². The van der Waals surface area contributed by atoms with Crippen molar-refractivity contribution in [3.05, 3.63) is 123 Å². The number of benzene rings is 3. The fourth-order valence-electron chi connectivity index (χ4n) is 4.44. The van der Waals surface area contributed by atoms with Gasteiger partial charge in [-0.1, -0.05) is 78.4 Å². The molecular formula is C32H35F3N4OS. The van der Waals surface area contributed by atoms with Crippen molar-refractivity contribution in [3.8, 4) is 0 Å². The molecule has 3 aromatic carbocycles. The first-order valence-electron chi connectivity index (χ1n) is 13.4. The van der Waals surface area contributed by atoms with Gasteiger partial charge in [0.2, 0.25) is 0 Å². The van der Waals surface area contributed by atoms with Gasteiger partial charge in [-0.2, -0.15) is 13.2 Å². The average Bonchev–Trinajstić information content (AvgIpc) is 3.40. The van der Waals surface area contributed by atoms with Crippen molar-refractivity contribution < 1.29 is 18.0 Å². The Hall–Kier alpha value is -3.53. The number of alkyl halides is 3. The van der Waals surface area contributed by atoms with Crippen LogP contribution < -0.4 is 0 Å². The topological polar surface area (TPSA) is 39.7 Å². The van der Waals surface area contributed by atoms with Gasteiger partial charge in [0.15, 0.2) is 0 Å². The second kappa shape index (κ2) is 13.9. The van der Waals surface area contributed by atoms with Crippen molar-refractivity contribution in [1.29, 1.82) is 0 Å². The van der Waals surface area contributed by atoms with Crippen LogP contribution in [0.4, 0.5) is 13.2 Å². The minimum Gasteiger partial charge on any atom is -0.332 e. The highest BCUT2D eigenvalue weighted by Gasteiger charge is 2.30. The van der Waals surface area contributed by atoms with Gasteiger partial charge < -0.3 is 9.80 Å². The molecule has 0 atom stereocenters. The van der Waals surface area contributed by atoms with E-state index in [1.165, 1.54) is 23.5 Å². The van der Waals surface area contributed by atoms with Crippen molar-refractivity contribution in [1.82, 2.24) is 19.7 Å². The van der Waals surface area contributed by atoms with Gasteiger partial charge in [-0.15, -0.1) is 11.3 Å². The van der Waals surface area contributed by atoms with Gasteiger partial charge in [0.25, 0.3) is 5.91 Å². The Bertz CT molecular complexity index is 1400. The number of amides is 1. The molecule has 5 nitrogen and oxygen atoms in total. The lowest BCUT2D eigenvalue weighted by molar-refractivity contribution is -0.137.